The molecule has 4 N–H and O–H groups in total. The minimum atomic E-state index is -3.73. The molecule has 0 aliphatic heterocycles. The van der Waals surface area contributed by atoms with E-state index in [4.69, 9.17) is 29.8 Å². The first-order chi connectivity index (χ1) is 15.7. The molecule has 0 saturated carbocycles. The third-order valence-electron chi connectivity index (χ3n) is 4.62. The number of anilines is 1. The molecule has 0 aromatic heterocycles. The van der Waals surface area contributed by atoms with Crippen molar-refractivity contribution in [2.24, 2.45) is 5.73 Å². The monoisotopic (exact) mass is 480 g/mol. The number of ether oxygens (including phenoxy) is 4. The Labute approximate surface area is 192 Å². The quantitative estimate of drug-likeness (QED) is 0.436. The lowest BCUT2D eigenvalue weighted by atomic mass is 10.1. The van der Waals surface area contributed by atoms with Gasteiger partial charge in [0.2, 0.25) is 5.91 Å². The van der Waals surface area contributed by atoms with Crippen LogP contribution in [0.25, 0.3) is 6.08 Å². The molecular weight excluding hydrogens is 452 g/mol. The predicted molar refractivity (Wildman–Crippen MR) is 124 cm³/mol. The van der Waals surface area contributed by atoms with Crippen LogP contribution in [0.1, 0.15) is 11.1 Å². The van der Waals surface area contributed by atoms with Gasteiger partial charge < -0.3 is 35.1 Å². The number of carbonyl (C=O) groups excluding carboxylic acids is 1. The number of sulfone groups is 1. The number of amides is 1. The molecule has 0 saturated heterocycles. The van der Waals surface area contributed by atoms with Gasteiger partial charge in [-0.1, -0.05) is 6.07 Å². The summed E-state index contributed by atoms with van der Waals surface area (Å²) in [7, 11) is 2.09. The minimum Gasteiger partial charge on any atom is -0.496 e. The predicted octanol–water partition coefficient (Wildman–Crippen LogP) is 1.56. The van der Waals surface area contributed by atoms with Gasteiger partial charge in [-0.25, -0.2) is 8.42 Å². The summed E-state index contributed by atoms with van der Waals surface area (Å²) in [6.45, 7) is -0.536. The second kappa shape index (κ2) is 11.5. The summed E-state index contributed by atoms with van der Waals surface area (Å²) in [5, 5.41) is 12.6. The molecule has 10 nitrogen and oxygen atoms in total. The molecule has 0 unspecified atom stereocenters. The fraction of sp³-hybridized carbons (Fsp3) is 0.318. The summed E-state index contributed by atoms with van der Waals surface area (Å²) in [4.78, 5) is 12.0. The third kappa shape index (κ3) is 6.85. The van der Waals surface area contributed by atoms with Gasteiger partial charge >= 0.3 is 0 Å². The molecule has 0 fully saturated rings. The Hall–Kier alpha value is -3.28. The average molecular weight is 481 g/mol. The van der Waals surface area contributed by atoms with Crippen molar-refractivity contribution in [1.29, 1.82) is 0 Å². The second-order valence-electron chi connectivity index (χ2n) is 6.87. The van der Waals surface area contributed by atoms with Crippen molar-refractivity contribution in [3.63, 3.8) is 0 Å². The number of hydrogen-bond acceptors (Lipinski definition) is 9. The van der Waals surface area contributed by atoms with Crippen molar-refractivity contribution in [2.45, 2.75) is 11.8 Å². The second-order valence-corrected chi connectivity index (χ2v) is 8.76. The first-order valence-corrected chi connectivity index (χ1v) is 11.4. The van der Waals surface area contributed by atoms with Crippen LogP contribution >= 0.6 is 0 Å². The molecule has 0 heterocycles. The van der Waals surface area contributed by atoms with E-state index in [1.807, 2.05) is 0 Å². The fourth-order valence-electron chi connectivity index (χ4n) is 2.90. The molecular formula is C22H28N2O8S. The van der Waals surface area contributed by atoms with Crippen LogP contribution in [-0.2, 0) is 20.4 Å². The highest BCUT2D eigenvalue weighted by molar-refractivity contribution is 7.93. The van der Waals surface area contributed by atoms with E-state index in [1.165, 1.54) is 46.6 Å². The summed E-state index contributed by atoms with van der Waals surface area (Å²) >= 11 is 0. The van der Waals surface area contributed by atoms with E-state index < -0.39 is 28.4 Å². The zero-order valence-corrected chi connectivity index (χ0v) is 19.6. The maximum atomic E-state index is 12.8. The number of nitrogens with one attached hydrogen (secondary N) is 1. The Morgan fingerprint density at radius 3 is 2.15 bits per heavy atom. The van der Waals surface area contributed by atoms with Crippen LogP contribution in [-0.4, -0.2) is 60.5 Å². The van der Waals surface area contributed by atoms with Crippen molar-refractivity contribution in [3.05, 3.63) is 46.9 Å². The standard InChI is InChI=1S/C22H28N2O8S/c1-29-15-10-20(31-3)16(21(11-15)32-4)7-8-33(27,28)13-14-5-6-19(30-2)18(9-14)24-22(26)17(23)12-25/h5-11,17,25H,12-13,23H2,1-4H3,(H,24,26)/t17-/m1/s1. The van der Waals surface area contributed by atoms with Crippen molar-refractivity contribution in [1.82, 2.24) is 0 Å². The van der Waals surface area contributed by atoms with Crippen LogP contribution in [0.5, 0.6) is 23.0 Å². The Kier molecular flexibility index (Phi) is 9.09. The molecule has 33 heavy (non-hydrogen) atoms. The summed E-state index contributed by atoms with van der Waals surface area (Å²) in [6.07, 6.45) is 1.39. The third-order valence-corrected chi connectivity index (χ3v) is 5.90. The van der Waals surface area contributed by atoms with Crippen molar-refractivity contribution < 1.29 is 37.3 Å². The van der Waals surface area contributed by atoms with E-state index in [-0.39, 0.29) is 11.4 Å². The zero-order chi connectivity index (χ0) is 24.6. The van der Waals surface area contributed by atoms with Crippen molar-refractivity contribution in [3.8, 4) is 23.0 Å². The number of rotatable bonds is 11. The van der Waals surface area contributed by atoms with Crippen LogP contribution in [0.2, 0.25) is 0 Å². The number of methoxy groups -OCH3 is 4. The summed E-state index contributed by atoms with van der Waals surface area (Å²) in [5.74, 6) is 0.604. The maximum absolute atomic E-state index is 12.8. The smallest absolute Gasteiger partial charge is 0.243 e. The lowest BCUT2D eigenvalue weighted by Crippen LogP contribution is -2.38. The summed E-state index contributed by atoms with van der Waals surface area (Å²) < 4.78 is 46.6. The minimum absolute atomic E-state index is 0.238. The molecule has 2 aromatic carbocycles. The van der Waals surface area contributed by atoms with Crippen molar-refractivity contribution in [2.75, 3.05) is 40.4 Å². The lowest BCUT2D eigenvalue weighted by Gasteiger charge is -2.14. The van der Waals surface area contributed by atoms with Gasteiger partial charge in [0.05, 0.1) is 52.0 Å². The van der Waals surface area contributed by atoms with Gasteiger partial charge in [0.15, 0.2) is 9.84 Å². The molecule has 0 bridgehead atoms. The van der Waals surface area contributed by atoms with Gasteiger partial charge in [-0.3, -0.25) is 4.79 Å². The van der Waals surface area contributed by atoms with E-state index in [2.05, 4.69) is 5.32 Å². The SMILES string of the molecule is COc1cc(OC)c(C=CS(=O)(=O)Cc2ccc(OC)c(NC(=O)[C@H](N)CO)c2)c(OC)c1. The highest BCUT2D eigenvalue weighted by Gasteiger charge is 2.17. The Morgan fingerprint density at radius 1 is 1.03 bits per heavy atom. The van der Waals surface area contributed by atoms with E-state index >= 15 is 0 Å². The molecule has 2 rings (SSSR count). The number of carbonyl (C=O) groups is 1. The Balaban J connectivity index is 2.32. The van der Waals surface area contributed by atoms with Crippen LogP contribution in [0.3, 0.4) is 0 Å². The molecule has 2 aromatic rings. The molecule has 1 atom stereocenters. The van der Waals surface area contributed by atoms with Gasteiger partial charge in [0.25, 0.3) is 0 Å². The van der Waals surface area contributed by atoms with Gasteiger partial charge in [-0.05, 0) is 23.8 Å². The number of aliphatic hydroxyl groups excluding tert-OH is 1. The molecule has 1 amide bonds. The molecule has 0 aliphatic carbocycles. The maximum Gasteiger partial charge on any atom is 0.243 e. The normalized spacial score (nSPS) is 12.3. The topological polar surface area (TPSA) is 146 Å². The largest absolute Gasteiger partial charge is 0.496 e. The van der Waals surface area contributed by atoms with E-state index in [1.54, 1.807) is 18.2 Å². The highest BCUT2D eigenvalue weighted by atomic mass is 32.2. The molecule has 0 aliphatic rings. The number of hydrogen-bond donors (Lipinski definition) is 3. The van der Waals surface area contributed by atoms with E-state index in [9.17, 15) is 13.2 Å². The lowest BCUT2D eigenvalue weighted by molar-refractivity contribution is -0.118. The van der Waals surface area contributed by atoms with Crippen LogP contribution in [0.15, 0.2) is 35.7 Å². The van der Waals surface area contributed by atoms with E-state index in [0.717, 1.165) is 5.41 Å². The van der Waals surface area contributed by atoms with Crippen molar-refractivity contribution >= 4 is 27.5 Å². The first kappa shape index (κ1) is 26.0. The molecule has 180 valence electrons. The van der Waals surface area contributed by atoms with Gasteiger partial charge in [-0.2, -0.15) is 0 Å². The molecule has 0 spiro atoms. The van der Waals surface area contributed by atoms with E-state index in [0.29, 0.717) is 34.1 Å². The van der Waals surface area contributed by atoms with Gasteiger partial charge in [0.1, 0.15) is 29.0 Å². The van der Waals surface area contributed by atoms with Crippen LogP contribution in [0.4, 0.5) is 5.69 Å². The van der Waals surface area contributed by atoms with Crippen LogP contribution < -0.4 is 30.0 Å². The molecule has 0 radical (unpaired) electrons. The Morgan fingerprint density at radius 2 is 1.64 bits per heavy atom. The molecule has 11 heteroatoms. The Bertz CT molecular complexity index is 1090. The zero-order valence-electron chi connectivity index (χ0n) is 18.8. The first-order valence-electron chi connectivity index (χ1n) is 9.73. The van der Waals surface area contributed by atoms with Gasteiger partial charge in [0, 0.05) is 17.5 Å². The number of benzene rings is 2. The summed E-state index contributed by atoms with van der Waals surface area (Å²) in [6, 6.07) is 6.68. The van der Waals surface area contributed by atoms with Gasteiger partial charge in [-0.15, -0.1) is 0 Å². The van der Waals surface area contributed by atoms with Crippen LogP contribution in [0, 0.1) is 0 Å². The number of nitrogens with two attached hydrogens (primary N) is 1. The number of aliphatic hydroxyl groups is 1. The summed E-state index contributed by atoms with van der Waals surface area (Å²) in [5.41, 5.74) is 6.60. The highest BCUT2D eigenvalue weighted by Crippen LogP contribution is 2.35. The fourth-order valence-corrected chi connectivity index (χ4v) is 3.98. The average Bonchev–Trinajstić information content (AvgIpc) is 2.81.